The van der Waals surface area contributed by atoms with Gasteiger partial charge in [-0.25, -0.2) is 3.93 Å². The van der Waals surface area contributed by atoms with E-state index in [9.17, 15) is 24.6 Å². The Morgan fingerprint density at radius 3 is 1.73 bits per heavy atom. The summed E-state index contributed by atoms with van der Waals surface area (Å²) in [6.45, 7) is 9.59. The summed E-state index contributed by atoms with van der Waals surface area (Å²) < 4.78 is 1.45. The molecule has 2 bridgehead atoms. The van der Waals surface area contributed by atoms with Gasteiger partial charge in [-0.2, -0.15) is 0 Å². The Hall–Kier alpha value is -2.05. The van der Waals surface area contributed by atoms with Gasteiger partial charge in [0, 0.05) is 59.3 Å². The number of carbonyl (C=O) groups is 3. The second-order valence-electron chi connectivity index (χ2n) is 10.2. The third-order valence-electron chi connectivity index (χ3n) is 7.08. The number of rotatable bonds is 7. The first-order valence-electron chi connectivity index (χ1n) is 13.1. The summed E-state index contributed by atoms with van der Waals surface area (Å²) in [5, 5.41) is 18.7. The van der Waals surface area contributed by atoms with Crippen LogP contribution in [0.3, 0.4) is 0 Å². The maximum Gasteiger partial charge on any atom is 0.317 e. The van der Waals surface area contributed by atoms with Gasteiger partial charge >= 0.3 is 11.9 Å². The Morgan fingerprint density at radius 1 is 0.811 bits per heavy atom. The molecule has 1 amide bonds. The number of nitrogens with zero attached hydrogens (tertiary/aromatic N) is 5. The van der Waals surface area contributed by atoms with Crippen molar-refractivity contribution in [3.8, 4) is 0 Å². The molecule has 2 atom stereocenters. The number of carboxylic acids is 2. The number of aliphatic carboxylic acids is 2. The minimum Gasteiger partial charge on any atom is -0.480 e. The monoisotopic (exact) mass is 581 g/mol. The van der Waals surface area contributed by atoms with Crippen LogP contribution in [0.2, 0.25) is 0 Å². The van der Waals surface area contributed by atoms with Crippen LogP contribution in [0, 0.1) is 5.92 Å². The molecule has 2 heterocycles. The van der Waals surface area contributed by atoms with Crippen LogP contribution in [0.25, 0.3) is 0 Å². The van der Waals surface area contributed by atoms with Crippen LogP contribution in [0.1, 0.15) is 25.3 Å². The highest BCUT2D eigenvalue weighted by atomic mass is 79.9. The van der Waals surface area contributed by atoms with Crippen molar-refractivity contribution in [3.05, 3.63) is 29.8 Å². The molecule has 2 fully saturated rings. The predicted molar refractivity (Wildman–Crippen MR) is 146 cm³/mol. The van der Waals surface area contributed by atoms with E-state index in [1.54, 1.807) is 0 Å². The summed E-state index contributed by atoms with van der Waals surface area (Å²) in [7, 11) is 0. The zero-order valence-electron chi connectivity index (χ0n) is 21.7. The van der Waals surface area contributed by atoms with Crippen molar-refractivity contribution < 1.29 is 24.6 Å². The molecule has 11 heteroatoms. The molecule has 0 radical (unpaired) electrons. The van der Waals surface area contributed by atoms with E-state index in [0.717, 1.165) is 77.3 Å². The lowest BCUT2D eigenvalue weighted by Gasteiger charge is -2.31. The Bertz CT molecular complexity index is 862. The summed E-state index contributed by atoms with van der Waals surface area (Å²) in [5.74, 6) is -1.30. The molecule has 1 aromatic rings. The van der Waals surface area contributed by atoms with Gasteiger partial charge in [0.15, 0.2) is 0 Å². The molecule has 2 N–H and O–H groups in total. The average Bonchev–Trinajstić information content (AvgIpc) is 2.89. The quantitative estimate of drug-likeness (QED) is 0.465. The fourth-order valence-corrected chi connectivity index (χ4v) is 5.54. The van der Waals surface area contributed by atoms with Crippen molar-refractivity contribution in [1.82, 2.24) is 19.6 Å². The molecule has 2 aliphatic heterocycles. The van der Waals surface area contributed by atoms with Crippen LogP contribution in [-0.4, -0.2) is 126 Å². The number of halogens is 1. The number of carbonyl (C=O) groups excluding carboxylic acids is 1. The summed E-state index contributed by atoms with van der Waals surface area (Å²) in [6.07, 6.45) is 2.65. The summed E-state index contributed by atoms with van der Waals surface area (Å²) in [6, 6.07) is 8.06. The van der Waals surface area contributed by atoms with Crippen LogP contribution in [0.5, 0.6) is 0 Å². The van der Waals surface area contributed by atoms with E-state index in [-0.39, 0.29) is 19.0 Å². The lowest BCUT2D eigenvalue weighted by atomic mass is 9.97. The molecule has 37 heavy (non-hydrogen) atoms. The fourth-order valence-electron chi connectivity index (χ4n) is 5.31. The topological polar surface area (TPSA) is 108 Å². The molecular weight excluding hydrogens is 542 g/mol. The van der Waals surface area contributed by atoms with Gasteiger partial charge in [-0.3, -0.25) is 24.2 Å². The molecule has 1 aromatic carbocycles. The van der Waals surface area contributed by atoms with E-state index in [4.69, 9.17) is 0 Å². The maximum atomic E-state index is 11.7. The van der Waals surface area contributed by atoms with Gasteiger partial charge in [-0.05, 0) is 56.0 Å². The highest BCUT2D eigenvalue weighted by molar-refractivity contribution is 9.10. The fraction of sp³-hybridized carbons (Fsp3) is 0.654. The Balaban J connectivity index is 1.79. The number of hydrogen-bond acceptors (Lipinski definition) is 7. The normalized spacial score (nSPS) is 24.6. The Kier molecular flexibility index (Phi) is 11.8. The number of hydrogen-bond donors (Lipinski definition) is 2. The molecule has 3 rings (SSSR count). The third kappa shape index (κ3) is 10.3. The van der Waals surface area contributed by atoms with Crippen LogP contribution >= 0.6 is 16.1 Å². The highest BCUT2D eigenvalue weighted by Gasteiger charge is 2.24. The molecular formula is C26H40BrN5O5. The number of carboxylic acid groups (broad SMARTS) is 2. The molecule has 2 saturated heterocycles. The Labute approximate surface area is 228 Å². The van der Waals surface area contributed by atoms with Crippen LogP contribution in [0.15, 0.2) is 24.3 Å². The smallest absolute Gasteiger partial charge is 0.317 e. The molecule has 0 aromatic heterocycles. The van der Waals surface area contributed by atoms with Crippen LogP contribution < -0.4 is 3.93 Å². The van der Waals surface area contributed by atoms with E-state index in [2.05, 4.69) is 38.1 Å². The van der Waals surface area contributed by atoms with Crippen molar-refractivity contribution in [1.29, 1.82) is 0 Å². The number of anilines is 1. The van der Waals surface area contributed by atoms with Crippen molar-refractivity contribution in [3.63, 3.8) is 0 Å². The molecule has 0 saturated carbocycles. The van der Waals surface area contributed by atoms with Crippen LogP contribution in [-0.2, 0) is 20.8 Å². The summed E-state index contributed by atoms with van der Waals surface area (Å²) in [4.78, 5) is 43.4. The van der Waals surface area contributed by atoms with Crippen LogP contribution in [0.4, 0.5) is 5.69 Å². The van der Waals surface area contributed by atoms with E-state index >= 15 is 0 Å². The van der Waals surface area contributed by atoms with E-state index < -0.39 is 11.9 Å². The molecule has 206 valence electrons. The predicted octanol–water partition coefficient (Wildman–Crippen LogP) is 1.69. The molecule has 10 nitrogen and oxygen atoms in total. The first kappa shape index (κ1) is 29.5. The number of benzene rings is 1. The molecule has 2 aliphatic rings. The molecule has 2 unspecified atom stereocenters. The average molecular weight is 583 g/mol. The summed E-state index contributed by atoms with van der Waals surface area (Å²) in [5.41, 5.74) is 2.01. The first-order valence-corrected chi connectivity index (χ1v) is 13.8. The second-order valence-corrected chi connectivity index (χ2v) is 10.9. The minimum absolute atomic E-state index is 0.0564. The van der Waals surface area contributed by atoms with Gasteiger partial charge in [-0.15, -0.1) is 0 Å². The lowest BCUT2D eigenvalue weighted by molar-refractivity contribution is -0.139. The zero-order chi connectivity index (χ0) is 26.8. The highest BCUT2D eigenvalue weighted by Crippen LogP contribution is 2.21. The lowest BCUT2D eigenvalue weighted by Crippen LogP contribution is -2.41. The third-order valence-corrected chi connectivity index (χ3v) is 7.99. The van der Waals surface area contributed by atoms with Gasteiger partial charge in [0.1, 0.15) is 0 Å². The largest absolute Gasteiger partial charge is 0.480 e. The minimum atomic E-state index is -0.795. The number of fused-ring (bicyclic) bond motifs is 4. The SMILES string of the molecule is CC(=O)N(Br)c1ccc(CC2CN3CCCN(CC(=O)O)CCN(CCCN(CC(=O)O)CC3)C2)cc1. The van der Waals surface area contributed by atoms with E-state index in [1.165, 1.54) is 16.4 Å². The van der Waals surface area contributed by atoms with Crippen molar-refractivity contribution in [2.75, 3.05) is 82.5 Å². The second kappa shape index (κ2) is 14.8. The van der Waals surface area contributed by atoms with Gasteiger partial charge in [-0.1, -0.05) is 12.1 Å². The molecule has 0 aliphatic carbocycles. The van der Waals surface area contributed by atoms with Crippen molar-refractivity contribution in [2.45, 2.75) is 26.2 Å². The van der Waals surface area contributed by atoms with Crippen molar-refractivity contribution in [2.24, 2.45) is 5.92 Å². The Morgan fingerprint density at radius 2 is 1.30 bits per heavy atom. The maximum absolute atomic E-state index is 11.7. The van der Waals surface area contributed by atoms with Crippen molar-refractivity contribution >= 4 is 39.7 Å². The van der Waals surface area contributed by atoms with Gasteiger partial charge in [0.05, 0.1) is 34.9 Å². The molecule has 0 spiro atoms. The van der Waals surface area contributed by atoms with E-state index in [1.807, 2.05) is 21.9 Å². The first-order chi connectivity index (χ1) is 17.7. The standard InChI is InChI=1S/C26H40BrN5O5/c1-21(33)32(27)24-6-4-22(5-7-24)16-23-17-28-8-2-10-30(19-25(34)35)14-13-29(18-23)9-3-11-31(15-12-28)20-26(36)37/h4-7,23H,2-3,8-20H2,1H3,(H,34,35)(H,36,37). The zero-order valence-corrected chi connectivity index (χ0v) is 23.3. The van der Waals surface area contributed by atoms with Gasteiger partial charge in [0.25, 0.3) is 0 Å². The van der Waals surface area contributed by atoms with Gasteiger partial charge < -0.3 is 20.0 Å². The van der Waals surface area contributed by atoms with Gasteiger partial charge in [0.2, 0.25) is 5.91 Å². The number of amides is 1. The summed E-state index contributed by atoms with van der Waals surface area (Å²) >= 11 is 3.30. The van der Waals surface area contributed by atoms with E-state index in [0.29, 0.717) is 19.0 Å².